The second-order valence-corrected chi connectivity index (χ2v) is 7.41. The van der Waals surface area contributed by atoms with Crippen LogP contribution in [0.4, 0.5) is 0 Å². The van der Waals surface area contributed by atoms with Crippen LogP contribution in [0.25, 0.3) is 0 Å². The summed E-state index contributed by atoms with van der Waals surface area (Å²) in [6.45, 7) is 9.75. The molecular formula is C18H37NO2. The summed E-state index contributed by atoms with van der Waals surface area (Å²) in [6, 6.07) is 0.409. The van der Waals surface area contributed by atoms with Gasteiger partial charge in [0.05, 0.1) is 12.7 Å². The first kappa shape index (κ1) is 18.9. The van der Waals surface area contributed by atoms with Crippen LogP contribution >= 0.6 is 0 Å². The van der Waals surface area contributed by atoms with Crippen LogP contribution in [0.5, 0.6) is 0 Å². The fraction of sp³-hybridized carbons (Fsp3) is 1.00. The monoisotopic (exact) mass is 299 g/mol. The van der Waals surface area contributed by atoms with Crippen molar-refractivity contribution in [2.45, 2.75) is 96.7 Å². The van der Waals surface area contributed by atoms with Gasteiger partial charge in [0, 0.05) is 18.2 Å². The molecule has 3 atom stereocenters. The molecule has 3 heteroatoms. The Bertz CT molecular complexity index is 270. The van der Waals surface area contributed by atoms with Crippen LogP contribution in [0, 0.1) is 5.92 Å². The second kappa shape index (κ2) is 9.81. The maximum Gasteiger partial charge on any atom is 0.0610 e. The number of unbranched alkanes of at least 4 members (excludes halogenated alkanes) is 1. The van der Waals surface area contributed by atoms with E-state index >= 15 is 0 Å². The van der Waals surface area contributed by atoms with Crippen LogP contribution in [0.2, 0.25) is 0 Å². The fourth-order valence-electron chi connectivity index (χ4n) is 3.52. The molecule has 0 aromatic carbocycles. The van der Waals surface area contributed by atoms with Crippen molar-refractivity contribution < 1.29 is 9.84 Å². The van der Waals surface area contributed by atoms with Gasteiger partial charge in [0.1, 0.15) is 0 Å². The summed E-state index contributed by atoms with van der Waals surface area (Å²) >= 11 is 0. The quantitative estimate of drug-likeness (QED) is 0.601. The van der Waals surface area contributed by atoms with E-state index in [-0.39, 0.29) is 12.1 Å². The number of nitrogens with one attached hydrogen (secondary N) is 1. The number of rotatable bonds is 10. The van der Waals surface area contributed by atoms with Crippen molar-refractivity contribution >= 4 is 0 Å². The van der Waals surface area contributed by atoms with Crippen LogP contribution in [0.1, 0.15) is 79.1 Å². The molecule has 1 aliphatic rings. The average molecular weight is 299 g/mol. The van der Waals surface area contributed by atoms with E-state index in [1.165, 1.54) is 32.1 Å². The van der Waals surface area contributed by atoms with E-state index in [1.54, 1.807) is 0 Å². The molecular weight excluding hydrogens is 262 g/mol. The lowest BCUT2D eigenvalue weighted by Crippen LogP contribution is -2.49. The zero-order valence-corrected chi connectivity index (χ0v) is 14.7. The minimum Gasteiger partial charge on any atom is -0.394 e. The molecule has 0 radical (unpaired) electrons. The van der Waals surface area contributed by atoms with Gasteiger partial charge in [0.25, 0.3) is 0 Å². The number of ether oxygens (including phenoxy) is 1. The topological polar surface area (TPSA) is 41.5 Å². The molecule has 0 amide bonds. The van der Waals surface area contributed by atoms with Gasteiger partial charge in [0.15, 0.2) is 0 Å². The molecule has 1 rings (SSSR count). The number of hydrogen-bond acceptors (Lipinski definition) is 3. The predicted octanol–water partition coefficient (Wildman–Crippen LogP) is 3.89. The van der Waals surface area contributed by atoms with Crippen molar-refractivity contribution in [2.24, 2.45) is 5.92 Å². The Labute approximate surface area is 131 Å². The summed E-state index contributed by atoms with van der Waals surface area (Å²) in [5.41, 5.74) is -0.147. The second-order valence-electron chi connectivity index (χ2n) is 7.41. The largest absolute Gasteiger partial charge is 0.394 e. The van der Waals surface area contributed by atoms with Gasteiger partial charge in [-0.15, -0.1) is 0 Å². The van der Waals surface area contributed by atoms with Crippen molar-refractivity contribution in [1.29, 1.82) is 0 Å². The Morgan fingerprint density at radius 1 is 1.29 bits per heavy atom. The summed E-state index contributed by atoms with van der Waals surface area (Å²) in [7, 11) is 0. The van der Waals surface area contributed by atoms with E-state index in [1.807, 2.05) is 0 Å². The molecule has 21 heavy (non-hydrogen) atoms. The Balaban J connectivity index is 2.13. The fourth-order valence-corrected chi connectivity index (χ4v) is 3.52. The van der Waals surface area contributed by atoms with E-state index in [0.29, 0.717) is 12.1 Å². The molecule has 0 aromatic heterocycles. The lowest BCUT2D eigenvalue weighted by Gasteiger charge is -2.31. The average Bonchev–Trinajstić information content (AvgIpc) is 2.46. The summed E-state index contributed by atoms with van der Waals surface area (Å²) in [5, 5.41) is 13.0. The smallest absolute Gasteiger partial charge is 0.0610 e. The molecule has 0 aliphatic heterocycles. The molecule has 126 valence electrons. The zero-order valence-electron chi connectivity index (χ0n) is 14.7. The van der Waals surface area contributed by atoms with Crippen LogP contribution in [0.3, 0.4) is 0 Å². The maximum atomic E-state index is 9.56. The first-order chi connectivity index (χ1) is 9.99. The molecule has 0 heterocycles. The summed E-state index contributed by atoms with van der Waals surface area (Å²) in [4.78, 5) is 0. The summed E-state index contributed by atoms with van der Waals surface area (Å²) in [6.07, 6.45) is 10.3. The molecule has 0 spiro atoms. The third kappa shape index (κ3) is 7.62. The highest BCUT2D eigenvalue weighted by Crippen LogP contribution is 2.28. The molecule has 0 aromatic rings. The highest BCUT2D eigenvalue weighted by molar-refractivity contribution is 4.83. The van der Waals surface area contributed by atoms with Gasteiger partial charge in [-0.3, -0.25) is 0 Å². The molecule has 1 saturated carbocycles. The van der Waals surface area contributed by atoms with Gasteiger partial charge in [-0.2, -0.15) is 0 Å². The Morgan fingerprint density at radius 2 is 2.05 bits per heavy atom. The predicted molar refractivity (Wildman–Crippen MR) is 89.6 cm³/mol. The summed E-state index contributed by atoms with van der Waals surface area (Å²) < 4.78 is 6.06. The van der Waals surface area contributed by atoms with Crippen molar-refractivity contribution in [3.05, 3.63) is 0 Å². The maximum absolute atomic E-state index is 9.56. The van der Waals surface area contributed by atoms with E-state index in [4.69, 9.17) is 4.74 Å². The number of aliphatic hydroxyl groups is 1. The van der Waals surface area contributed by atoms with Gasteiger partial charge >= 0.3 is 0 Å². The van der Waals surface area contributed by atoms with Gasteiger partial charge in [-0.05, 0) is 44.9 Å². The molecule has 2 N–H and O–H groups in total. The van der Waals surface area contributed by atoms with Crippen LogP contribution in [-0.4, -0.2) is 36.0 Å². The standard InChI is InChI=1S/C18H37NO2/c1-5-16-9-8-10-17(13-16)21-12-7-6-11-18(4,14-20)19-15(2)3/h15-17,19-20H,5-14H2,1-4H3. The lowest BCUT2D eigenvalue weighted by atomic mass is 9.85. The molecule has 3 unspecified atom stereocenters. The SMILES string of the molecule is CCC1CCCC(OCCCCC(C)(CO)NC(C)C)C1. The van der Waals surface area contributed by atoms with E-state index < -0.39 is 0 Å². The van der Waals surface area contributed by atoms with Crippen molar-refractivity contribution in [2.75, 3.05) is 13.2 Å². The third-order valence-corrected chi connectivity index (χ3v) is 4.77. The first-order valence-electron chi connectivity index (χ1n) is 8.99. The van der Waals surface area contributed by atoms with Crippen LogP contribution in [0.15, 0.2) is 0 Å². The Morgan fingerprint density at radius 3 is 2.67 bits per heavy atom. The normalized spacial score (nSPS) is 26.0. The highest BCUT2D eigenvalue weighted by atomic mass is 16.5. The van der Waals surface area contributed by atoms with Crippen molar-refractivity contribution in [3.8, 4) is 0 Å². The van der Waals surface area contributed by atoms with E-state index in [0.717, 1.165) is 31.8 Å². The minimum absolute atomic E-state index is 0.147. The third-order valence-electron chi connectivity index (χ3n) is 4.77. The number of hydrogen-bond donors (Lipinski definition) is 2. The van der Waals surface area contributed by atoms with Gasteiger partial charge in [-0.25, -0.2) is 0 Å². The summed E-state index contributed by atoms with van der Waals surface area (Å²) in [5.74, 6) is 0.886. The Kier molecular flexibility index (Phi) is 8.84. The van der Waals surface area contributed by atoms with Gasteiger partial charge in [0.2, 0.25) is 0 Å². The van der Waals surface area contributed by atoms with Crippen molar-refractivity contribution in [1.82, 2.24) is 5.32 Å². The van der Waals surface area contributed by atoms with E-state index in [9.17, 15) is 5.11 Å². The molecule has 1 fully saturated rings. The minimum atomic E-state index is -0.147. The molecule has 0 bridgehead atoms. The van der Waals surface area contributed by atoms with E-state index in [2.05, 4.69) is 33.0 Å². The van der Waals surface area contributed by atoms with Crippen LogP contribution in [-0.2, 0) is 4.74 Å². The molecule has 0 saturated heterocycles. The molecule has 1 aliphatic carbocycles. The Hall–Kier alpha value is -0.120. The lowest BCUT2D eigenvalue weighted by molar-refractivity contribution is 0.00970. The first-order valence-corrected chi connectivity index (χ1v) is 8.99. The molecule has 3 nitrogen and oxygen atoms in total. The van der Waals surface area contributed by atoms with Gasteiger partial charge in [-0.1, -0.05) is 40.0 Å². The number of aliphatic hydroxyl groups excluding tert-OH is 1. The zero-order chi connectivity index (χ0) is 15.7. The van der Waals surface area contributed by atoms with Crippen molar-refractivity contribution in [3.63, 3.8) is 0 Å². The highest BCUT2D eigenvalue weighted by Gasteiger charge is 2.23. The van der Waals surface area contributed by atoms with Gasteiger partial charge < -0.3 is 15.2 Å². The van der Waals surface area contributed by atoms with Crippen LogP contribution < -0.4 is 5.32 Å².